The van der Waals surface area contributed by atoms with Crippen LogP contribution in [0.25, 0.3) is 22.2 Å². The normalized spacial score (nSPS) is 17.7. The van der Waals surface area contributed by atoms with E-state index in [0.29, 0.717) is 35.9 Å². The third-order valence-corrected chi connectivity index (χ3v) is 5.59. The SMILES string of the molecule is CC(C)(O)C1CCN(c2nnc(-c3ccc(C(F)(F)F)cc3O)c3cccnc23)C1. The van der Waals surface area contributed by atoms with Crippen molar-refractivity contribution in [3.05, 3.63) is 42.1 Å². The number of anilines is 1. The van der Waals surface area contributed by atoms with Gasteiger partial charge in [0.2, 0.25) is 0 Å². The van der Waals surface area contributed by atoms with Crippen molar-refractivity contribution in [3.63, 3.8) is 0 Å². The standard InChI is InChI=1S/C21H21F3N4O2/c1-20(2,30)13-7-9-28(11-13)19-18-15(4-3-8-25-18)17(26-27-19)14-6-5-12(10-16(14)29)21(22,23)24/h3-6,8,10,13,29-30H,7,9,11H2,1-2H3. The van der Waals surface area contributed by atoms with Gasteiger partial charge in [-0.3, -0.25) is 4.98 Å². The first-order valence-electron chi connectivity index (χ1n) is 9.55. The molecule has 4 rings (SSSR count). The van der Waals surface area contributed by atoms with Crippen LogP contribution in [0.5, 0.6) is 5.75 Å². The summed E-state index contributed by atoms with van der Waals surface area (Å²) in [6.07, 6.45) is -2.16. The lowest BCUT2D eigenvalue weighted by Gasteiger charge is -2.26. The van der Waals surface area contributed by atoms with Crippen LogP contribution < -0.4 is 4.90 Å². The third kappa shape index (κ3) is 3.65. The summed E-state index contributed by atoms with van der Waals surface area (Å²) in [5.74, 6) is 0.0875. The topological polar surface area (TPSA) is 82.4 Å². The van der Waals surface area contributed by atoms with Gasteiger partial charge >= 0.3 is 6.18 Å². The van der Waals surface area contributed by atoms with Crippen LogP contribution in [-0.4, -0.2) is 44.1 Å². The van der Waals surface area contributed by atoms with Crippen LogP contribution in [0.3, 0.4) is 0 Å². The van der Waals surface area contributed by atoms with Crippen molar-refractivity contribution in [1.82, 2.24) is 15.2 Å². The van der Waals surface area contributed by atoms with Crippen molar-refractivity contribution in [2.24, 2.45) is 5.92 Å². The number of aromatic nitrogens is 3. The first kappa shape index (κ1) is 20.3. The average molecular weight is 418 g/mol. The van der Waals surface area contributed by atoms with Gasteiger partial charge in [-0.15, -0.1) is 10.2 Å². The molecule has 3 heterocycles. The van der Waals surface area contributed by atoms with Gasteiger partial charge in [-0.05, 0) is 50.6 Å². The minimum atomic E-state index is -4.55. The average Bonchev–Trinajstić information content (AvgIpc) is 3.17. The summed E-state index contributed by atoms with van der Waals surface area (Å²) in [5, 5.41) is 29.7. The van der Waals surface area contributed by atoms with Crippen LogP contribution in [0.2, 0.25) is 0 Å². The molecule has 0 spiro atoms. The Morgan fingerprint density at radius 1 is 1.13 bits per heavy atom. The number of aliphatic hydroxyl groups is 1. The number of alkyl halides is 3. The van der Waals surface area contributed by atoms with Gasteiger partial charge in [0.1, 0.15) is 17.0 Å². The van der Waals surface area contributed by atoms with Crippen LogP contribution in [0, 0.1) is 5.92 Å². The second kappa shape index (κ2) is 7.09. The molecular weight excluding hydrogens is 397 g/mol. The molecule has 0 bridgehead atoms. The van der Waals surface area contributed by atoms with Crippen LogP contribution in [0.4, 0.5) is 19.0 Å². The van der Waals surface area contributed by atoms with E-state index in [1.807, 2.05) is 4.90 Å². The summed E-state index contributed by atoms with van der Waals surface area (Å²) in [4.78, 5) is 6.42. The predicted molar refractivity (Wildman–Crippen MR) is 106 cm³/mol. The number of benzene rings is 1. The molecular formula is C21H21F3N4O2. The molecule has 0 radical (unpaired) electrons. The summed E-state index contributed by atoms with van der Waals surface area (Å²) < 4.78 is 38.8. The Morgan fingerprint density at radius 3 is 2.53 bits per heavy atom. The molecule has 0 aliphatic carbocycles. The van der Waals surface area contributed by atoms with Crippen LogP contribution >= 0.6 is 0 Å². The van der Waals surface area contributed by atoms with E-state index >= 15 is 0 Å². The van der Waals surface area contributed by atoms with Crippen molar-refractivity contribution in [1.29, 1.82) is 0 Å². The highest BCUT2D eigenvalue weighted by Crippen LogP contribution is 2.39. The van der Waals surface area contributed by atoms with Crippen LogP contribution in [0.1, 0.15) is 25.8 Å². The number of halogens is 3. The summed E-state index contributed by atoms with van der Waals surface area (Å²) in [7, 11) is 0. The first-order chi connectivity index (χ1) is 14.1. The van der Waals surface area contributed by atoms with Gasteiger partial charge < -0.3 is 15.1 Å². The Morgan fingerprint density at radius 2 is 1.90 bits per heavy atom. The highest BCUT2D eigenvalue weighted by molar-refractivity contribution is 5.98. The molecule has 0 amide bonds. The largest absolute Gasteiger partial charge is 0.507 e. The predicted octanol–water partition coefficient (Wildman–Crippen LogP) is 4.01. The second-order valence-electron chi connectivity index (χ2n) is 8.09. The highest BCUT2D eigenvalue weighted by atomic mass is 19.4. The fourth-order valence-corrected chi connectivity index (χ4v) is 3.82. The molecule has 6 nitrogen and oxygen atoms in total. The number of hydrogen-bond acceptors (Lipinski definition) is 6. The molecule has 2 aromatic heterocycles. The minimum absolute atomic E-state index is 0.0664. The second-order valence-corrected chi connectivity index (χ2v) is 8.09. The van der Waals surface area contributed by atoms with Crippen LogP contribution in [-0.2, 0) is 6.18 Å². The summed E-state index contributed by atoms with van der Waals surface area (Å²) >= 11 is 0. The highest BCUT2D eigenvalue weighted by Gasteiger charge is 2.35. The van der Waals surface area contributed by atoms with E-state index in [4.69, 9.17) is 0 Å². The monoisotopic (exact) mass is 418 g/mol. The van der Waals surface area contributed by atoms with Gasteiger partial charge in [-0.1, -0.05) is 0 Å². The zero-order valence-corrected chi connectivity index (χ0v) is 16.5. The van der Waals surface area contributed by atoms with Gasteiger partial charge in [-0.2, -0.15) is 13.2 Å². The number of rotatable bonds is 3. The molecule has 1 aliphatic rings. The van der Waals surface area contributed by atoms with Gasteiger partial charge in [0.05, 0.1) is 11.2 Å². The zero-order valence-electron chi connectivity index (χ0n) is 16.5. The molecule has 1 aromatic carbocycles. The molecule has 30 heavy (non-hydrogen) atoms. The number of hydrogen-bond donors (Lipinski definition) is 2. The number of pyridine rings is 1. The van der Waals surface area contributed by atoms with Gasteiger partial charge in [-0.25, -0.2) is 0 Å². The Labute approximate surface area is 171 Å². The van der Waals surface area contributed by atoms with E-state index in [2.05, 4.69) is 15.2 Å². The van der Waals surface area contributed by atoms with Crippen molar-refractivity contribution >= 4 is 16.7 Å². The maximum absolute atomic E-state index is 12.9. The molecule has 2 N–H and O–H groups in total. The fourth-order valence-electron chi connectivity index (χ4n) is 3.82. The lowest BCUT2D eigenvalue weighted by molar-refractivity contribution is -0.137. The van der Waals surface area contributed by atoms with E-state index in [-0.39, 0.29) is 17.2 Å². The summed E-state index contributed by atoms with van der Waals surface area (Å²) in [6, 6.07) is 6.22. The van der Waals surface area contributed by atoms with E-state index in [9.17, 15) is 23.4 Å². The summed E-state index contributed by atoms with van der Waals surface area (Å²) in [6.45, 7) is 4.83. The smallest absolute Gasteiger partial charge is 0.416 e. The number of phenolic OH excluding ortho intramolecular Hbond substituents is 1. The molecule has 0 saturated carbocycles. The molecule has 158 valence electrons. The lowest BCUT2D eigenvalue weighted by Crippen LogP contribution is -2.33. The van der Waals surface area contributed by atoms with E-state index in [1.54, 1.807) is 32.2 Å². The molecule has 3 aromatic rings. The van der Waals surface area contributed by atoms with Gasteiger partial charge in [0.15, 0.2) is 5.82 Å². The van der Waals surface area contributed by atoms with Gasteiger partial charge in [0.25, 0.3) is 0 Å². The van der Waals surface area contributed by atoms with Gasteiger partial charge in [0, 0.05) is 36.2 Å². The van der Waals surface area contributed by atoms with Crippen molar-refractivity contribution in [3.8, 4) is 17.0 Å². The Balaban J connectivity index is 1.78. The number of phenols is 1. The molecule has 1 atom stereocenters. The molecule has 1 fully saturated rings. The summed E-state index contributed by atoms with van der Waals surface area (Å²) in [5.41, 5.74) is -0.817. The van der Waals surface area contributed by atoms with Crippen molar-refractivity contribution < 1.29 is 23.4 Å². The fraction of sp³-hybridized carbons (Fsp3) is 0.381. The van der Waals surface area contributed by atoms with Crippen molar-refractivity contribution in [2.75, 3.05) is 18.0 Å². The van der Waals surface area contributed by atoms with Crippen LogP contribution in [0.15, 0.2) is 36.5 Å². The molecule has 1 saturated heterocycles. The number of fused-ring (bicyclic) bond motifs is 1. The Bertz CT molecular complexity index is 1100. The van der Waals surface area contributed by atoms with E-state index < -0.39 is 23.1 Å². The maximum Gasteiger partial charge on any atom is 0.416 e. The first-order valence-corrected chi connectivity index (χ1v) is 9.55. The van der Waals surface area contributed by atoms with E-state index in [1.165, 1.54) is 6.07 Å². The quantitative estimate of drug-likeness (QED) is 0.669. The minimum Gasteiger partial charge on any atom is -0.507 e. The molecule has 1 unspecified atom stereocenters. The third-order valence-electron chi connectivity index (χ3n) is 5.59. The van der Waals surface area contributed by atoms with Crippen molar-refractivity contribution in [2.45, 2.75) is 32.0 Å². The zero-order chi connectivity index (χ0) is 21.7. The van der Waals surface area contributed by atoms with E-state index in [0.717, 1.165) is 12.5 Å². The molecule has 1 aliphatic heterocycles. The Hall–Kier alpha value is -2.94. The Kier molecular flexibility index (Phi) is 4.80. The lowest BCUT2D eigenvalue weighted by atomic mass is 9.90. The number of aromatic hydroxyl groups is 1. The number of nitrogens with zero attached hydrogens (tertiary/aromatic N) is 4. The maximum atomic E-state index is 12.9. The molecule has 9 heteroatoms.